The zero-order chi connectivity index (χ0) is 14.7. The average molecular weight is 271 g/mol. The first-order valence-electron chi connectivity index (χ1n) is 6.75. The van der Waals surface area contributed by atoms with Gasteiger partial charge in [0.2, 0.25) is 17.7 Å². The van der Waals surface area contributed by atoms with Gasteiger partial charge in [0, 0.05) is 38.9 Å². The van der Waals surface area contributed by atoms with E-state index in [0.29, 0.717) is 32.0 Å². The lowest BCUT2D eigenvalue weighted by Crippen LogP contribution is -2.35. The van der Waals surface area contributed by atoms with E-state index in [0.717, 1.165) is 0 Å². The fourth-order valence-electron chi connectivity index (χ4n) is 1.45. The third kappa shape index (κ3) is 11.2. The molecule has 0 saturated heterocycles. The number of carbonyl (C=O) groups is 3. The van der Waals surface area contributed by atoms with Crippen LogP contribution in [0.2, 0.25) is 0 Å². The molecule has 110 valence electrons. The van der Waals surface area contributed by atoms with Gasteiger partial charge in [0.15, 0.2) is 0 Å². The quantitative estimate of drug-likeness (QED) is 0.523. The van der Waals surface area contributed by atoms with E-state index in [4.69, 9.17) is 0 Å². The maximum Gasteiger partial charge on any atom is 0.220 e. The Labute approximate surface area is 114 Å². The molecule has 0 heterocycles. The Bertz CT molecular complexity index is 304. The van der Waals surface area contributed by atoms with Crippen LogP contribution in [0.25, 0.3) is 0 Å². The van der Waals surface area contributed by atoms with Crippen molar-refractivity contribution in [3.05, 3.63) is 0 Å². The van der Waals surface area contributed by atoms with E-state index in [9.17, 15) is 14.4 Å². The van der Waals surface area contributed by atoms with Crippen molar-refractivity contribution in [3.8, 4) is 0 Å². The van der Waals surface area contributed by atoms with Crippen molar-refractivity contribution in [1.82, 2.24) is 16.0 Å². The molecule has 0 atom stereocenters. The minimum absolute atomic E-state index is 0.00780. The number of amides is 3. The molecule has 0 aromatic heterocycles. The third-order valence-corrected chi connectivity index (χ3v) is 2.32. The van der Waals surface area contributed by atoms with Crippen molar-refractivity contribution in [2.24, 2.45) is 5.92 Å². The van der Waals surface area contributed by atoms with Crippen molar-refractivity contribution in [3.63, 3.8) is 0 Å². The summed E-state index contributed by atoms with van der Waals surface area (Å²) in [5, 5.41) is 8.00. The van der Waals surface area contributed by atoms with Gasteiger partial charge in [-0.05, 0) is 12.8 Å². The summed E-state index contributed by atoms with van der Waals surface area (Å²) in [6, 6.07) is 0. The Kier molecular flexibility index (Phi) is 9.48. The van der Waals surface area contributed by atoms with Crippen molar-refractivity contribution in [2.45, 2.75) is 40.0 Å². The molecule has 6 nitrogen and oxygen atoms in total. The molecular weight excluding hydrogens is 246 g/mol. The standard InChI is InChI=1S/C13H25N3O3/c1-4-14-11(17)5-6-12(18)15-7-8-16-13(19)9-10(2)3/h10H,4-9H2,1-3H3,(H,14,17)(H,15,18)(H,16,19). The summed E-state index contributed by atoms with van der Waals surface area (Å²) >= 11 is 0. The molecule has 0 aliphatic carbocycles. The first-order chi connectivity index (χ1) is 8.95. The van der Waals surface area contributed by atoms with Crippen LogP contribution in [0.3, 0.4) is 0 Å². The van der Waals surface area contributed by atoms with Crippen LogP contribution in [0.1, 0.15) is 40.0 Å². The first-order valence-corrected chi connectivity index (χ1v) is 6.75. The molecule has 6 heteroatoms. The lowest BCUT2D eigenvalue weighted by molar-refractivity contribution is -0.126. The second kappa shape index (κ2) is 10.3. The monoisotopic (exact) mass is 271 g/mol. The van der Waals surface area contributed by atoms with Gasteiger partial charge in [-0.3, -0.25) is 14.4 Å². The molecule has 0 rings (SSSR count). The summed E-state index contributed by atoms with van der Waals surface area (Å²) in [7, 11) is 0. The molecule has 0 aromatic carbocycles. The van der Waals surface area contributed by atoms with Crippen LogP contribution in [0, 0.1) is 5.92 Å². The zero-order valence-corrected chi connectivity index (χ0v) is 12.0. The van der Waals surface area contributed by atoms with Crippen molar-refractivity contribution < 1.29 is 14.4 Å². The molecule has 0 aliphatic rings. The minimum Gasteiger partial charge on any atom is -0.356 e. The Morgan fingerprint density at radius 2 is 1.32 bits per heavy atom. The molecule has 0 radical (unpaired) electrons. The average Bonchev–Trinajstić information content (AvgIpc) is 2.31. The van der Waals surface area contributed by atoms with E-state index in [1.165, 1.54) is 0 Å². The molecule has 19 heavy (non-hydrogen) atoms. The van der Waals surface area contributed by atoms with Gasteiger partial charge in [-0.1, -0.05) is 13.8 Å². The molecule has 0 unspecified atom stereocenters. The Hall–Kier alpha value is -1.59. The van der Waals surface area contributed by atoms with Crippen LogP contribution < -0.4 is 16.0 Å². The first kappa shape index (κ1) is 17.4. The van der Waals surface area contributed by atoms with Crippen LogP contribution in [0.4, 0.5) is 0 Å². The third-order valence-electron chi connectivity index (χ3n) is 2.32. The molecule has 0 saturated carbocycles. The van der Waals surface area contributed by atoms with E-state index in [1.54, 1.807) is 0 Å². The van der Waals surface area contributed by atoms with E-state index < -0.39 is 0 Å². The minimum atomic E-state index is -0.177. The Morgan fingerprint density at radius 3 is 1.79 bits per heavy atom. The zero-order valence-electron chi connectivity index (χ0n) is 12.0. The van der Waals surface area contributed by atoms with Gasteiger partial charge < -0.3 is 16.0 Å². The topological polar surface area (TPSA) is 87.3 Å². The van der Waals surface area contributed by atoms with Crippen molar-refractivity contribution in [2.75, 3.05) is 19.6 Å². The second-order valence-electron chi connectivity index (χ2n) is 4.75. The number of hydrogen-bond acceptors (Lipinski definition) is 3. The van der Waals surface area contributed by atoms with Gasteiger partial charge in [-0.2, -0.15) is 0 Å². The van der Waals surface area contributed by atoms with E-state index in [1.807, 2.05) is 20.8 Å². The maximum atomic E-state index is 11.4. The van der Waals surface area contributed by atoms with Gasteiger partial charge in [-0.25, -0.2) is 0 Å². The molecular formula is C13H25N3O3. The molecule has 3 amide bonds. The maximum absolute atomic E-state index is 11.4. The van der Waals surface area contributed by atoms with Gasteiger partial charge in [0.25, 0.3) is 0 Å². The fourth-order valence-corrected chi connectivity index (χ4v) is 1.45. The van der Waals surface area contributed by atoms with Crippen LogP contribution in [-0.4, -0.2) is 37.4 Å². The molecule has 0 fully saturated rings. The molecule has 0 aliphatic heterocycles. The predicted octanol–water partition coefficient (Wildman–Crippen LogP) is 0.181. The van der Waals surface area contributed by atoms with Crippen LogP contribution in [-0.2, 0) is 14.4 Å². The second-order valence-corrected chi connectivity index (χ2v) is 4.75. The van der Waals surface area contributed by atoms with Crippen molar-refractivity contribution >= 4 is 17.7 Å². The number of nitrogens with one attached hydrogen (secondary N) is 3. The summed E-state index contributed by atoms with van der Waals surface area (Å²) in [6.45, 7) is 7.15. The van der Waals surface area contributed by atoms with Gasteiger partial charge in [0.05, 0.1) is 0 Å². The number of hydrogen-bond donors (Lipinski definition) is 3. The molecule has 0 spiro atoms. The van der Waals surface area contributed by atoms with Gasteiger partial charge in [-0.15, -0.1) is 0 Å². The molecule has 3 N–H and O–H groups in total. The van der Waals surface area contributed by atoms with Crippen LogP contribution >= 0.6 is 0 Å². The van der Waals surface area contributed by atoms with E-state index in [2.05, 4.69) is 16.0 Å². The highest BCUT2D eigenvalue weighted by molar-refractivity contribution is 5.83. The summed E-state index contributed by atoms with van der Waals surface area (Å²) in [6.07, 6.45) is 0.857. The largest absolute Gasteiger partial charge is 0.356 e. The summed E-state index contributed by atoms with van der Waals surface area (Å²) in [5.74, 6) is 0.0190. The highest BCUT2D eigenvalue weighted by atomic mass is 16.2. The van der Waals surface area contributed by atoms with E-state index in [-0.39, 0.29) is 30.6 Å². The Morgan fingerprint density at radius 1 is 0.842 bits per heavy atom. The highest BCUT2D eigenvalue weighted by Gasteiger charge is 2.06. The van der Waals surface area contributed by atoms with E-state index >= 15 is 0 Å². The smallest absolute Gasteiger partial charge is 0.220 e. The summed E-state index contributed by atoms with van der Waals surface area (Å²) in [5.41, 5.74) is 0. The normalized spacial score (nSPS) is 10.1. The van der Waals surface area contributed by atoms with Gasteiger partial charge in [0.1, 0.15) is 0 Å². The highest BCUT2D eigenvalue weighted by Crippen LogP contribution is 1.97. The van der Waals surface area contributed by atoms with Crippen LogP contribution in [0.5, 0.6) is 0 Å². The summed E-state index contributed by atoms with van der Waals surface area (Å²) < 4.78 is 0. The SMILES string of the molecule is CCNC(=O)CCC(=O)NCCNC(=O)CC(C)C. The van der Waals surface area contributed by atoms with Crippen molar-refractivity contribution in [1.29, 1.82) is 0 Å². The fraction of sp³-hybridized carbons (Fsp3) is 0.769. The number of carbonyl (C=O) groups excluding carboxylic acids is 3. The summed E-state index contributed by atoms with van der Waals surface area (Å²) in [4.78, 5) is 33.8. The number of rotatable bonds is 9. The lowest BCUT2D eigenvalue weighted by atomic mass is 10.1. The lowest BCUT2D eigenvalue weighted by Gasteiger charge is -2.08. The molecule has 0 aromatic rings. The Balaban J connectivity index is 3.53. The predicted molar refractivity (Wildman–Crippen MR) is 73.4 cm³/mol. The van der Waals surface area contributed by atoms with Gasteiger partial charge >= 0.3 is 0 Å². The van der Waals surface area contributed by atoms with Crippen LogP contribution in [0.15, 0.2) is 0 Å². The molecule has 0 bridgehead atoms.